The Balaban J connectivity index is 1.04. The molecule has 302 valence electrons. The van der Waals surface area contributed by atoms with Crippen molar-refractivity contribution in [2.24, 2.45) is 0 Å². The molecule has 1 unspecified atom stereocenters. The number of hydrogen-bond donors (Lipinski definition) is 3. The minimum absolute atomic E-state index is 0.000801. The van der Waals surface area contributed by atoms with Gasteiger partial charge in [-0.1, -0.05) is 31.2 Å². The number of H-pyrrole nitrogens is 1. The van der Waals surface area contributed by atoms with Crippen molar-refractivity contribution in [1.29, 1.82) is 0 Å². The van der Waals surface area contributed by atoms with E-state index in [1.807, 2.05) is 6.92 Å². The number of aromatic nitrogens is 1. The third-order valence-corrected chi connectivity index (χ3v) is 14.0. The number of likely N-dealkylation sites (tertiary alicyclic amines) is 1. The molecule has 4 aromatic rings. The molecule has 3 aliphatic rings. The van der Waals surface area contributed by atoms with Crippen molar-refractivity contribution in [3.8, 4) is 5.75 Å². The molecule has 7 rings (SSSR count). The number of nitrogens with one attached hydrogen (secondary N) is 3. The molecule has 3 aliphatic heterocycles. The number of carbonyl (C=O) groups excluding carboxylic acids is 4. The van der Waals surface area contributed by atoms with E-state index in [4.69, 9.17) is 9.26 Å². The Morgan fingerprint density at radius 1 is 1.04 bits per heavy atom. The normalized spacial score (nSPS) is 21.8. The van der Waals surface area contributed by atoms with Crippen LogP contribution in [0.2, 0.25) is 0 Å². The van der Waals surface area contributed by atoms with Gasteiger partial charge >= 0.3 is 13.5 Å². The minimum atomic E-state index is -4.46. The van der Waals surface area contributed by atoms with Crippen LogP contribution >= 0.6 is 18.9 Å². The largest absolute Gasteiger partial charge is 0.465 e. The van der Waals surface area contributed by atoms with Crippen LogP contribution in [0.25, 0.3) is 10.1 Å². The van der Waals surface area contributed by atoms with Crippen LogP contribution in [-0.4, -0.2) is 82.3 Å². The van der Waals surface area contributed by atoms with Gasteiger partial charge in [0.05, 0.1) is 11.5 Å². The summed E-state index contributed by atoms with van der Waals surface area (Å²) in [7, 11) is -4.46. The Morgan fingerprint density at radius 3 is 2.56 bits per heavy atom. The van der Waals surface area contributed by atoms with Crippen LogP contribution in [-0.2, 0) is 23.7 Å². The Kier molecular flexibility index (Phi) is 11.9. The van der Waals surface area contributed by atoms with Crippen molar-refractivity contribution in [1.82, 2.24) is 25.2 Å². The van der Waals surface area contributed by atoms with Gasteiger partial charge in [-0.15, -0.1) is 11.3 Å². The van der Waals surface area contributed by atoms with Gasteiger partial charge in [0, 0.05) is 47.7 Å². The van der Waals surface area contributed by atoms with Crippen LogP contribution in [0.5, 0.6) is 5.75 Å². The summed E-state index contributed by atoms with van der Waals surface area (Å²) in [5, 5.41) is 5.94. The van der Waals surface area contributed by atoms with Crippen molar-refractivity contribution in [2.75, 3.05) is 19.7 Å². The summed E-state index contributed by atoms with van der Waals surface area (Å²) in [4.78, 5) is 72.3. The van der Waals surface area contributed by atoms with E-state index >= 15 is 4.39 Å². The maximum absolute atomic E-state index is 16.5. The first-order chi connectivity index (χ1) is 27.4. The highest BCUT2D eigenvalue weighted by Crippen LogP contribution is 2.58. The summed E-state index contributed by atoms with van der Waals surface area (Å²) < 4.78 is 56.1. The molecular formula is C40H44F2N5O8PS. The standard InChI is InChI=1S/C40H44F2N5O8PS/c1-3-16-54-40(52)23(2)45-56(53,55-28-9-5-4-6-10-28)36(42)24-12-15-33-25(17-24)18-34(57-33)37(49)44-31-11-7-8-27-13-14-32(47(27)38(31)50)39(51)46-21-26(22-46)29-19-43-20-30(41)35(29)48/h4-6,9-10,12,15,17-20,23,26-27,31-32,36H,3,7-8,11,13-14,16,21-22H2,1-2H3,(H,43,48)(H,44,49)(H,45,53)/t23-,27-,31-,32-,36+,56?/m0/s1. The zero-order valence-corrected chi connectivity index (χ0v) is 33.2. The summed E-state index contributed by atoms with van der Waals surface area (Å²) in [6, 6.07) is 11.3. The number of halogens is 2. The van der Waals surface area contributed by atoms with Crippen molar-refractivity contribution >= 4 is 52.6 Å². The van der Waals surface area contributed by atoms with Crippen molar-refractivity contribution < 1.29 is 41.8 Å². The zero-order chi connectivity index (χ0) is 40.4. The van der Waals surface area contributed by atoms with Gasteiger partial charge < -0.3 is 29.4 Å². The number of rotatable bonds is 13. The lowest BCUT2D eigenvalue weighted by Gasteiger charge is -2.42. The Bertz CT molecular complexity index is 2270. The number of alkyl halides is 1. The number of ether oxygens (including phenoxy) is 1. The molecule has 17 heteroatoms. The molecule has 3 N–H and O–H groups in total. The van der Waals surface area contributed by atoms with E-state index in [1.54, 1.807) is 40.1 Å². The summed E-state index contributed by atoms with van der Waals surface area (Å²) in [6.07, 6.45) is 5.89. The van der Waals surface area contributed by atoms with Crippen LogP contribution in [0.1, 0.15) is 85.0 Å². The average molecular weight is 824 g/mol. The van der Waals surface area contributed by atoms with Crippen molar-refractivity contribution in [2.45, 2.75) is 88.4 Å². The third kappa shape index (κ3) is 8.39. The minimum Gasteiger partial charge on any atom is -0.465 e. The number of amides is 3. The van der Waals surface area contributed by atoms with Gasteiger partial charge in [0.15, 0.2) is 5.82 Å². The summed E-state index contributed by atoms with van der Waals surface area (Å²) in [5.74, 6) is -5.03. The SMILES string of the molecule is CCCOC(=O)[C@H](C)NP(=O)(Oc1ccccc1)[C@@H](F)c1ccc2sc(C(=O)N[C@H]3CCC[C@H]4CC[C@@H](C(=O)N5CC(c6c[nH]cc(F)c6=O)C5)N4C3=O)cc2c1. The molecule has 0 radical (unpaired) electrons. The first-order valence-electron chi connectivity index (χ1n) is 19.1. The van der Waals surface area contributed by atoms with Gasteiger partial charge in [0.1, 0.15) is 23.9 Å². The highest BCUT2D eigenvalue weighted by atomic mass is 32.1. The molecule has 6 atom stereocenters. The molecule has 0 saturated carbocycles. The predicted octanol–water partition coefficient (Wildman–Crippen LogP) is 6.17. The average Bonchev–Trinajstić information content (AvgIpc) is 3.78. The fraction of sp³-hybridized carbons (Fsp3) is 0.425. The lowest BCUT2D eigenvalue weighted by atomic mass is 9.91. The molecule has 5 heterocycles. The number of para-hydroxylation sites is 1. The van der Waals surface area contributed by atoms with E-state index in [0.717, 1.165) is 17.5 Å². The Hall–Kier alpha value is -4.92. The Morgan fingerprint density at radius 2 is 1.81 bits per heavy atom. The predicted molar refractivity (Wildman–Crippen MR) is 209 cm³/mol. The lowest BCUT2D eigenvalue weighted by Crippen LogP contribution is -2.59. The van der Waals surface area contributed by atoms with Gasteiger partial charge in [0.2, 0.25) is 23.2 Å². The molecule has 13 nitrogen and oxygen atoms in total. The molecular weight excluding hydrogens is 780 g/mol. The number of benzene rings is 2. The molecule has 3 fully saturated rings. The number of carbonyl (C=O) groups is 4. The molecule has 2 aromatic heterocycles. The highest BCUT2D eigenvalue weighted by Gasteiger charge is 2.48. The second-order valence-corrected chi connectivity index (χ2v) is 17.9. The summed E-state index contributed by atoms with van der Waals surface area (Å²) in [6.45, 7) is 3.88. The molecule has 3 amide bonds. The van der Waals surface area contributed by atoms with Crippen LogP contribution in [0.4, 0.5) is 8.78 Å². The van der Waals surface area contributed by atoms with Gasteiger partial charge in [-0.05, 0) is 86.7 Å². The van der Waals surface area contributed by atoms with E-state index in [9.17, 15) is 32.9 Å². The number of aromatic amines is 1. The fourth-order valence-electron chi connectivity index (χ4n) is 7.75. The molecule has 0 spiro atoms. The number of thiophene rings is 1. The number of esters is 1. The topological polar surface area (TPSA) is 167 Å². The second-order valence-electron chi connectivity index (χ2n) is 14.7. The van der Waals surface area contributed by atoms with Crippen molar-refractivity contribution in [3.63, 3.8) is 0 Å². The molecule has 57 heavy (non-hydrogen) atoms. The van der Waals surface area contributed by atoms with E-state index < -0.39 is 54.7 Å². The second kappa shape index (κ2) is 16.9. The molecule has 0 bridgehead atoms. The maximum Gasteiger partial charge on any atom is 0.355 e. The first kappa shape index (κ1) is 40.3. The zero-order valence-electron chi connectivity index (χ0n) is 31.5. The number of hydrogen-bond acceptors (Lipinski definition) is 9. The summed E-state index contributed by atoms with van der Waals surface area (Å²) in [5.41, 5.74) is -0.411. The van der Waals surface area contributed by atoms with Gasteiger partial charge in [0.25, 0.3) is 5.91 Å². The monoisotopic (exact) mass is 823 g/mol. The lowest BCUT2D eigenvalue weighted by molar-refractivity contribution is -0.148. The number of pyridine rings is 1. The van der Waals surface area contributed by atoms with Crippen LogP contribution in [0.15, 0.2) is 71.8 Å². The highest BCUT2D eigenvalue weighted by molar-refractivity contribution is 7.57. The molecule has 0 aliphatic carbocycles. The number of nitrogens with zero attached hydrogens (tertiary/aromatic N) is 2. The van der Waals surface area contributed by atoms with Gasteiger partial charge in [-0.25, -0.2) is 13.9 Å². The maximum atomic E-state index is 16.5. The third-order valence-electron chi connectivity index (χ3n) is 10.7. The van der Waals surface area contributed by atoms with E-state index in [2.05, 4.69) is 15.4 Å². The number of fused-ring (bicyclic) bond motifs is 2. The van der Waals surface area contributed by atoms with E-state index in [1.165, 1.54) is 37.4 Å². The van der Waals surface area contributed by atoms with Crippen LogP contribution in [0.3, 0.4) is 0 Å². The van der Waals surface area contributed by atoms with Crippen molar-refractivity contribution in [3.05, 3.63) is 99.0 Å². The molecule has 3 saturated heterocycles. The smallest absolute Gasteiger partial charge is 0.355 e. The summed E-state index contributed by atoms with van der Waals surface area (Å²) >= 11 is 1.15. The van der Waals surface area contributed by atoms with E-state index in [0.29, 0.717) is 48.6 Å². The first-order valence-corrected chi connectivity index (χ1v) is 21.6. The Labute approximate surface area is 331 Å². The van der Waals surface area contributed by atoms with Gasteiger partial charge in [-0.3, -0.25) is 28.5 Å². The van der Waals surface area contributed by atoms with Crippen LogP contribution in [0, 0.1) is 5.82 Å². The van der Waals surface area contributed by atoms with Gasteiger partial charge in [-0.2, -0.15) is 0 Å². The quantitative estimate of drug-likeness (QED) is 0.106. The molecule has 2 aromatic carbocycles. The fourth-order valence-corrected chi connectivity index (χ4v) is 10.6. The van der Waals surface area contributed by atoms with E-state index in [-0.39, 0.29) is 65.2 Å². The van der Waals surface area contributed by atoms with Crippen LogP contribution < -0.4 is 20.4 Å².